The molecule has 6 heteroatoms. The van der Waals surface area contributed by atoms with E-state index in [9.17, 15) is 4.79 Å². The van der Waals surface area contributed by atoms with Gasteiger partial charge >= 0.3 is 0 Å². The number of hydrogen-bond acceptors (Lipinski definition) is 4. The van der Waals surface area contributed by atoms with Crippen LogP contribution in [-0.4, -0.2) is 25.2 Å². The SMILES string of the molecule is N[C@H]1C(=O)N(c2ccc3c(c2)OCCO3)[C@@H]1c1ccc(Cl)cc1. The summed E-state index contributed by atoms with van der Waals surface area (Å²) in [6, 6.07) is 12.1. The molecule has 2 aromatic rings. The van der Waals surface area contributed by atoms with Gasteiger partial charge < -0.3 is 20.1 Å². The molecule has 1 saturated heterocycles. The second kappa shape index (κ2) is 5.44. The van der Waals surface area contributed by atoms with Gasteiger partial charge in [-0.3, -0.25) is 4.79 Å². The molecule has 118 valence electrons. The summed E-state index contributed by atoms with van der Waals surface area (Å²) in [5.41, 5.74) is 7.73. The Morgan fingerprint density at radius 3 is 2.48 bits per heavy atom. The van der Waals surface area contributed by atoms with E-state index >= 15 is 0 Å². The minimum absolute atomic E-state index is 0.110. The average molecular weight is 331 g/mol. The van der Waals surface area contributed by atoms with Crippen LogP contribution in [0.25, 0.3) is 0 Å². The quantitative estimate of drug-likeness (QED) is 0.859. The number of rotatable bonds is 2. The van der Waals surface area contributed by atoms with Gasteiger partial charge in [0.25, 0.3) is 0 Å². The molecule has 2 aromatic carbocycles. The standard InChI is InChI=1S/C17H15ClN2O3/c18-11-3-1-10(2-4-11)16-15(19)17(21)20(16)12-5-6-13-14(9-12)23-8-7-22-13/h1-6,9,15-16H,7-8,19H2/t15-,16-/m1/s1. The van der Waals surface area contributed by atoms with Gasteiger partial charge in [0.05, 0.1) is 6.04 Å². The Hall–Kier alpha value is -2.24. The number of ether oxygens (including phenoxy) is 2. The van der Waals surface area contributed by atoms with E-state index in [4.69, 9.17) is 26.8 Å². The number of nitrogens with zero attached hydrogens (tertiary/aromatic N) is 1. The monoisotopic (exact) mass is 330 g/mol. The third kappa shape index (κ3) is 2.33. The highest BCUT2D eigenvalue weighted by molar-refractivity contribution is 6.30. The Labute approximate surface area is 138 Å². The number of fused-ring (bicyclic) bond motifs is 1. The Kier molecular flexibility index (Phi) is 3.39. The lowest BCUT2D eigenvalue weighted by atomic mass is 9.88. The molecule has 2 atom stereocenters. The fraction of sp³-hybridized carbons (Fsp3) is 0.235. The fourth-order valence-corrected chi connectivity index (χ4v) is 3.12. The van der Waals surface area contributed by atoms with E-state index in [1.54, 1.807) is 17.0 Å². The van der Waals surface area contributed by atoms with Crippen LogP contribution in [0.15, 0.2) is 42.5 Å². The zero-order valence-corrected chi connectivity index (χ0v) is 13.0. The third-order valence-electron chi connectivity index (χ3n) is 4.16. The molecule has 2 heterocycles. The van der Waals surface area contributed by atoms with Gasteiger partial charge in [-0.2, -0.15) is 0 Å². The predicted octanol–water partition coefficient (Wildman–Crippen LogP) is 2.53. The lowest BCUT2D eigenvalue weighted by molar-refractivity contribution is -0.126. The summed E-state index contributed by atoms with van der Waals surface area (Å²) in [4.78, 5) is 14.0. The molecule has 0 radical (unpaired) electrons. The topological polar surface area (TPSA) is 64.8 Å². The van der Waals surface area contributed by atoms with Crippen LogP contribution in [0.4, 0.5) is 5.69 Å². The molecule has 0 bridgehead atoms. The highest BCUT2D eigenvalue weighted by atomic mass is 35.5. The smallest absolute Gasteiger partial charge is 0.247 e. The van der Waals surface area contributed by atoms with Crippen LogP contribution in [-0.2, 0) is 4.79 Å². The second-order valence-electron chi connectivity index (χ2n) is 5.56. The van der Waals surface area contributed by atoms with Crippen molar-refractivity contribution in [3.8, 4) is 11.5 Å². The fourth-order valence-electron chi connectivity index (χ4n) is 3.00. The van der Waals surface area contributed by atoms with E-state index in [0.717, 1.165) is 11.3 Å². The van der Waals surface area contributed by atoms with Crippen molar-refractivity contribution in [3.05, 3.63) is 53.1 Å². The molecule has 0 saturated carbocycles. The average Bonchev–Trinajstić information content (AvgIpc) is 2.59. The number of amides is 1. The molecule has 0 spiro atoms. The van der Waals surface area contributed by atoms with Gasteiger partial charge in [0.2, 0.25) is 5.91 Å². The van der Waals surface area contributed by atoms with Crippen molar-refractivity contribution in [2.75, 3.05) is 18.1 Å². The molecular weight excluding hydrogens is 316 g/mol. The molecule has 2 aliphatic heterocycles. The van der Waals surface area contributed by atoms with E-state index in [1.807, 2.05) is 30.3 Å². The molecule has 0 aliphatic carbocycles. The summed E-state index contributed by atoms with van der Waals surface area (Å²) >= 11 is 5.93. The van der Waals surface area contributed by atoms with Crippen LogP contribution in [0.1, 0.15) is 11.6 Å². The Morgan fingerprint density at radius 2 is 1.74 bits per heavy atom. The van der Waals surface area contributed by atoms with Crippen molar-refractivity contribution in [1.29, 1.82) is 0 Å². The van der Waals surface area contributed by atoms with Gasteiger partial charge in [-0.05, 0) is 29.8 Å². The van der Waals surface area contributed by atoms with E-state index in [2.05, 4.69) is 0 Å². The number of benzene rings is 2. The van der Waals surface area contributed by atoms with Gasteiger partial charge in [-0.15, -0.1) is 0 Å². The number of carbonyl (C=O) groups is 1. The number of nitrogens with two attached hydrogens (primary N) is 1. The van der Waals surface area contributed by atoms with Crippen molar-refractivity contribution >= 4 is 23.2 Å². The molecule has 1 amide bonds. The highest BCUT2D eigenvalue weighted by Crippen LogP contribution is 2.42. The van der Waals surface area contributed by atoms with Crippen molar-refractivity contribution in [3.63, 3.8) is 0 Å². The predicted molar refractivity (Wildman–Crippen MR) is 87.1 cm³/mol. The van der Waals surface area contributed by atoms with Gasteiger partial charge in [0.1, 0.15) is 19.3 Å². The molecule has 2 aliphatic rings. The number of anilines is 1. The van der Waals surface area contributed by atoms with E-state index in [0.29, 0.717) is 29.7 Å². The summed E-state index contributed by atoms with van der Waals surface area (Å²) < 4.78 is 11.1. The number of halogens is 1. The second-order valence-corrected chi connectivity index (χ2v) is 5.99. The first-order chi connectivity index (χ1) is 11.1. The Balaban J connectivity index is 1.69. The molecular formula is C17H15ClN2O3. The Bertz CT molecular complexity index is 763. The number of carbonyl (C=O) groups excluding carboxylic acids is 1. The van der Waals surface area contributed by atoms with Crippen LogP contribution in [0.5, 0.6) is 11.5 Å². The molecule has 1 fully saturated rings. The van der Waals surface area contributed by atoms with E-state index in [-0.39, 0.29) is 11.9 Å². The lowest BCUT2D eigenvalue weighted by Gasteiger charge is -2.45. The number of hydrogen-bond donors (Lipinski definition) is 1. The highest BCUT2D eigenvalue weighted by Gasteiger charge is 2.46. The zero-order valence-electron chi connectivity index (χ0n) is 12.2. The van der Waals surface area contributed by atoms with Crippen LogP contribution >= 0.6 is 11.6 Å². The third-order valence-corrected chi connectivity index (χ3v) is 4.41. The molecule has 0 aromatic heterocycles. The van der Waals surface area contributed by atoms with Crippen molar-refractivity contribution < 1.29 is 14.3 Å². The summed E-state index contributed by atoms with van der Waals surface area (Å²) in [5.74, 6) is 1.24. The molecule has 5 nitrogen and oxygen atoms in total. The Morgan fingerprint density at radius 1 is 1.04 bits per heavy atom. The maximum absolute atomic E-state index is 12.3. The lowest BCUT2D eigenvalue weighted by Crippen LogP contribution is -2.63. The maximum atomic E-state index is 12.3. The van der Waals surface area contributed by atoms with E-state index in [1.165, 1.54) is 0 Å². The first kappa shape index (κ1) is 14.4. The van der Waals surface area contributed by atoms with Gasteiger partial charge in [0.15, 0.2) is 11.5 Å². The van der Waals surface area contributed by atoms with Crippen LogP contribution in [0.3, 0.4) is 0 Å². The summed E-state index contributed by atoms with van der Waals surface area (Å²) in [5, 5.41) is 0.652. The van der Waals surface area contributed by atoms with Crippen molar-refractivity contribution in [2.45, 2.75) is 12.1 Å². The van der Waals surface area contributed by atoms with Crippen molar-refractivity contribution in [2.24, 2.45) is 5.73 Å². The van der Waals surface area contributed by atoms with Crippen molar-refractivity contribution in [1.82, 2.24) is 0 Å². The zero-order chi connectivity index (χ0) is 16.0. The van der Waals surface area contributed by atoms with Crippen LogP contribution in [0.2, 0.25) is 5.02 Å². The van der Waals surface area contributed by atoms with Gasteiger partial charge in [-0.1, -0.05) is 23.7 Å². The molecule has 4 rings (SSSR count). The van der Waals surface area contributed by atoms with Gasteiger partial charge in [-0.25, -0.2) is 0 Å². The first-order valence-electron chi connectivity index (χ1n) is 7.39. The molecule has 2 N–H and O–H groups in total. The summed E-state index contributed by atoms with van der Waals surface area (Å²) in [7, 11) is 0. The molecule has 23 heavy (non-hydrogen) atoms. The van der Waals surface area contributed by atoms with Crippen LogP contribution < -0.4 is 20.1 Å². The first-order valence-corrected chi connectivity index (χ1v) is 7.77. The van der Waals surface area contributed by atoms with E-state index < -0.39 is 6.04 Å². The summed E-state index contributed by atoms with van der Waals surface area (Å²) in [6.45, 7) is 1.04. The minimum atomic E-state index is -0.552. The largest absolute Gasteiger partial charge is 0.486 e. The minimum Gasteiger partial charge on any atom is -0.486 e. The normalized spacial score (nSPS) is 22.7. The summed E-state index contributed by atoms with van der Waals surface area (Å²) in [6.07, 6.45) is 0. The maximum Gasteiger partial charge on any atom is 0.247 e. The van der Waals surface area contributed by atoms with Gasteiger partial charge in [0, 0.05) is 16.8 Å². The number of β-lactam (4-membered cyclic amide) rings is 1. The molecule has 0 unspecified atom stereocenters. The van der Waals surface area contributed by atoms with Crippen LogP contribution in [0, 0.1) is 0 Å².